The fourth-order valence-corrected chi connectivity index (χ4v) is 0.927. The highest BCUT2D eigenvalue weighted by molar-refractivity contribution is 6.02. The average molecular weight is 135 g/mol. The summed E-state index contributed by atoms with van der Waals surface area (Å²) in [6, 6.07) is 0. The third kappa shape index (κ3) is 0.586. The Kier molecular flexibility index (Phi) is 0.943. The van der Waals surface area contributed by atoms with Crippen LogP contribution in [0.1, 0.15) is 10.6 Å². The molecule has 0 N–H and O–H groups in total. The van der Waals surface area contributed by atoms with Gasteiger partial charge in [-0.15, -0.1) is 10.2 Å². The Morgan fingerprint density at radius 1 is 1.60 bits per heavy atom. The molecule has 1 aliphatic rings. The van der Waals surface area contributed by atoms with Crippen molar-refractivity contribution >= 4 is 5.78 Å². The molecule has 10 heavy (non-hydrogen) atoms. The van der Waals surface area contributed by atoms with Gasteiger partial charge in [0, 0.05) is 6.54 Å². The lowest BCUT2D eigenvalue weighted by Gasteiger charge is -2.03. The van der Waals surface area contributed by atoms with Gasteiger partial charge in [-0.25, -0.2) is 0 Å². The van der Waals surface area contributed by atoms with Gasteiger partial charge in [0.05, 0.1) is 0 Å². The molecule has 0 saturated heterocycles. The lowest BCUT2D eigenvalue weighted by Crippen LogP contribution is -2.11. The molecule has 0 saturated carbocycles. The van der Waals surface area contributed by atoms with Crippen LogP contribution in [-0.2, 0) is 6.54 Å². The van der Waals surface area contributed by atoms with Crippen molar-refractivity contribution in [3.05, 3.63) is 24.3 Å². The van der Waals surface area contributed by atoms with Crippen LogP contribution in [0.15, 0.2) is 18.5 Å². The Bertz CT molecular complexity index is 300. The van der Waals surface area contributed by atoms with Crippen molar-refractivity contribution < 1.29 is 4.79 Å². The van der Waals surface area contributed by atoms with Gasteiger partial charge in [-0.1, -0.05) is 6.08 Å². The molecule has 0 fully saturated rings. The minimum atomic E-state index is -0.0660. The van der Waals surface area contributed by atoms with Crippen LogP contribution in [0, 0.1) is 0 Å². The number of ketones is 1. The molecule has 0 spiro atoms. The normalized spacial score (nSPS) is 15.4. The van der Waals surface area contributed by atoms with Crippen molar-refractivity contribution in [1.82, 2.24) is 14.8 Å². The first-order valence-electron chi connectivity index (χ1n) is 2.96. The maximum Gasteiger partial charge on any atom is 0.222 e. The summed E-state index contributed by atoms with van der Waals surface area (Å²) in [4.78, 5) is 10.9. The maximum absolute atomic E-state index is 10.9. The lowest BCUT2D eigenvalue weighted by atomic mass is 10.3. The van der Waals surface area contributed by atoms with Gasteiger partial charge < -0.3 is 4.57 Å². The average Bonchev–Trinajstić information content (AvgIpc) is 2.36. The molecule has 1 aliphatic heterocycles. The molecule has 4 heteroatoms. The number of aromatic nitrogens is 3. The number of carbonyl (C=O) groups excluding carboxylic acids is 1. The fraction of sp³-hybridized carbons (Fsp3) is 0.167. The Balaban J connectivity index is 2.58. The van der Waals surface area contributed by atoms with E-state index >= 15 is 0 Å². The monoisotopic (exact) mass is 135 g/mol. The highest BCUT2D eigenvalue weighted by Gasteiger charge is 2.12. The Morgan fingerprint density at radius 2 is 2.50 bits per heavy atom. The van der Waals surface area contributed by atoms with Crippen LogP contribution in [0.25, 0.3) is 0 Å². The van der Waals surface area contributed by atoms with Crippen molar-refractivity contribution in [2.45, 2.75) is 6.54 Å². The fourth-order valence-electron chi connectivity index (χ4n) is 0.927. The SMILES string of the molecule is O=C1C=CCn2cnnc21. The van der Waals surface area contributed by atoms with Gasteiger partial charge in [-0.3, -0.25) is 4.79 Å². The van der Waals surface area contributed by atoms with Gasteiger partial charge in [0.15, 0.2) is 0 Å². The van der Waals surface area contributed by atoms with Gasteiger partial charge in [-0.05, 0) is 6.08 Å². The number of allylic oxidation sites excluding steroid dienone is 2. The van der Waals surface area contributed by atoms with Crippen molar-refractivity contribution in [2.24, 2.45) is 0 Å². The van der Waals surface area contributed by atoms with Gasteiger partial charge in [0.25, 0.3) is 0 Å². The van der Waals surface area contributed by atoms with Gasteiger partial charge in [0.2, 0.25) is 11.6 Å². The van der Waals surface area contributed by atoms with Crippen LogP contribution in [0.4, 0.5) is 0 Å². The van der Waals surface area contributed by atoms with E-state index in [9.17, 15) is 4.79 Å². The molecule has 0 radical (unpaired) electrons. The third-order valence-electron chi connectivity index (χ3n) is 1.41. The van der Waals surface area contributed by atoms with E-state index in [-0.39, 0.29) is 5.78 Å². The largest absolute Gasteiger partial charge is 0.307 e. The molecule has 0 unspecified atom stereocenters. The summed E-state index contributed by atoms with van der Waals surface area (Å²) in [5.74, 6) is 0.367. The molecule has 0 amide bonds. The predicted molar refractivity (Wildman–Crippen MR) is 33.5 cm³/mol. The van der Waals surface area contributed by atoms with Gasteiger partial charge >= 0.3 is 0 Å². The number of rotatable bonds is 0. The molecule has 0 atom stereocenters. The van der Waals surface area contributed by atoms with E-state index in [4.69, 9.17) is 0 Å². The summed E-state index contributed by atoms with van der Waals surface area (Å²) in [5.41, 5.74) is 0. The first-order chi connectivity index (χ1) is 4.88. The van der Waals surface area contributed by atoms with Crippen molar-refractivity contribution in [1.29, 1.82) is 0 Å². The summed E-state index contributed by atoms with van der Waals surface area (Å²) in [6.45, 7) is 0.702. The highest BCUT2D eigenvalue weighted by Crippen LogP contribution is 2.03. The summed E-state index contributed by atoms with van der Waals surface area (Å²) >= 11 is 0. The van der Waals surface area contributed by atoms with Crippen LogP contribution in [0.2, 0.25) is 0 Å². The first-order valence-corrected chi connectivity index (χ1v) is 2.96. The van der Waals surface area contributed by atoms with Crippen molar-refractivity contribution in [3.63, 3.8) is 0 Å². The lowest BCUT2D eigenvalue weighted by molar-refractivity contribution is 0.103. The second-order valence-corrected chi connectivity index (χ2v) is 2.07. The van der Waals surface area contributed by atoms with Gasteiger partial charge in [0.1, 0.15) is 6.33 Å². The van der Waals surface area contributed by atoms with E-state index in [1.54, 1.807) is 17.0 Å². The molecule has 4 nitrogen and oxygen atoms in total. The van der Waals surface area contributed by atoms with Crippen LogP contribution in [-0.4, -0.2) is 20.5 Å². The number of nitrogens with zero attached hydrogens (tertiary/aromatic N) is 3. The standard InChI is InChI=1S/C6H5N3O/c10-5-2-1-3-9-4-7-8-6(5)9/h1-2,4H,3H2. The topological polar surface area (TPSA) is 47.8 Å². The Morgan fingerprint density at radius 3 is 3.30 bits per heavy atom. The smallest absolute Gasteiger partial charge is 0.222 e. The second-order valence-electron chi connectivity index (χ2n) is 2.07. The summed E-state index contributed by atoms with van der Waals surface area (Å²) in [5, 5.41) is 7.26. The molecular formula is C6H5N3O. The molecule has 0 aromatic carbocycles. The minimum absolute atomic E-state index is 0.0660. The van der Waals surface area contributed by atoms with E-state index in [1.165, 1.54) is 6.08 Å². The molecule has 0 aliphatic carbocycles. The van der Waals surface area contributed by atoms with Crippen LogP contribution in [0.3, 0.4) is 0 Å². The molecule has 1 aromatic rings. The van der Waals surface area contributed by atoms with Crippen molar-refractivity contribution in [3.8, 4) is 0 Å². The number of fused-ring (bicyclic) bond motifs is 1. The van der Waals surface area contributed by atoms with E-state index in [2.05, 4.69) is 10.2 Å². The van der Waals surface area contributed by atoms with Crippen LogP contribution in [0.5, 0.6) is 0 Å². The second kappa shape index (κ2) is 1.76. The van der Waals surface area contributed by atoms with Crippen LogP contribution >= 0.6 is 0 Å². The zero-order valence-electron chi connectivity index (χ0n) is 5.19. The molecule has 0 bridgehead atoms. The van der Waals surface area contributed by atoms with Crippen molar-refractivity contribution in [2.75, 3.05) is 0 Å². The summed E-state index contributed by atoms with van der Waals surface area (Å²) < 4.78 is 1.71. The maximum atomic E-state index is 10.9. The quantitative estimate of drug-likeness (QED) is 0.504. The minimum Gasteiger partial charge on any atom is -0.307 e. The Labute approximate surface area is 57.2 Å². The van der Waals surface area contributed by atoms with Gasteiger partial charge in [-0.2, -0.15) is 0 Å². The highest BCUT2D eigenvalue weighted by atomic mass is 16.1. The van der Waals surface area contributed by atoms with E-state index < -0.39 is 0 Å². The van der Waals surface area contributed by atoms with E-state index in [1.807, 2.05) is 0 Å². The third-order valence-corrected chi connectivity index (χ3v) is 1.41. The first kappa shape index (κ1) is 5.34. The molecule has 2 heterocycles. The van der Waals surface area contributed by atoms with Crippen LogP contribution < -0.4 is 0 Å². The zero-order chi connectivity index (χ0) is 6.97. The number of hydrogen-bond donors (Lipinski definition) is 0. The van der Waals surface area contributed by atoms with E-state index in [0.717, 1.165) is 0 Å². The number of hydrogen-bond acceptors (Lipinski definition) is 3. The molecular weight excluding hydrogens is 130 g/mol. The zero-order valence-corrected chi connectivity index (χ0v) is 5.19. The summed E-state index contributed by atoms with van der Waals surface area (Å²) in [6.07, 6.45) is 4.86. The van der Waals surface area contributed by atoms with E-state index in [0.29, 0.717) is 12.4 Å². The Hall–Kier alpha value is -1.45. The molecule has 1 aromatic heterocycles. The number of carbonyl (C=O) groups is 1. The summed E-state index contributed by atoms with van der Waals surface area (Å²) in [7, 11) is 0. The predicted octanol–water partition coefficient (Wildman–Crippen LogP) is 0.0306. The molecule has 50 valence electrons. The molecule has 2 rings (SSSR count).